The highest BCUT2D eigenvalue weighted by molar-refractivity contribution is 5.56. The van der Waals surface area contributed by atoms with Crippen LogP contribution in [-0.4, -0.2) is 19.9 Å². The van der Waals surface area contributed by atoms with Gasteiger partial charge in [-0.2, -0.15) is 10.2 Å². The summed E-state index contributed by atoms with van der Waals surface area (Å²) >= 11 is 0. The summed E-state index contributed by atoms with van der Waals surface area (Å²) in [6, 6.07) is 3.49. The lowest BCUT2D eigenvalue weighted by Gasteiger charge is -1.87. The standard InChI is InChI=1S/C6H5N3O/c10-6-4-8-9-5(6)2-1-3-7-9/h1-4,10H. The largest absolute Gasteiger partial charge is 0.504 e. The van der Waals surface area contributed by atoms with Crippen LogP contribution in [0.1, 0.15) is 0 Å². The van der Waals surface area contributed by atoms with E-state index in [1.165, 1.54) is 10.8 Å². The Morgan fingerprint density at radius 3 is 3.10 bits per heavy atom. The molecule has 10 heavy (non-hydrogen) atoms. The van der Waals surface area contributed by atoms with E-state index in [1.54, 1.807) is 18.3 Å². The highest BCUT2D eigenvalue weighted by atomic mass is 16.3. The Balaban J connectivity index is 2.93. The van der Waals surface area contributed by atoms with Crippen LogP contribution in [0, 0.1) is 0 Å². The maximum absolute atomic E-state index is 9.09. The first-order chi connectivity index (χ1) is 4.88. The van der Waals surface area contributed by atoms with E-state index in [0.717, 1.165) is 0 Å². The number of fused-ring (bicyclic) bond motifs is 1. The van der Waals surface area contributed by atoms with Crippen molar-refractivity contribution in [3.8, 4) is 5.75 Å². The second kappa shape index (κ2) is 1.70. The average molecular weight is 135 g/mol. The van der Waals surface area contributed by atoms with Gasteiger partial charge in [0.2, 0.25) is 0 Å². The zero-order valence-corrected chi connectivity index (χ0v) is 5.10. The van der Waals surface area contributed by atoms with E-state index in [1.807, 2.05) is 0 Å². The quantitative estimate of drug-likeness (QED) is 0.570. The SMILES string of the molecule is Oc1cnn2ncccc12. The van der Waals surface area contributed by atoms with Crippen LogP contribution < -0.4 is 0 Å². The van der Waals surface area contributed by atoms with Crippen molar-refractivity contribution in [2.45, 2.75) is 0 Å². The fourth-order valence-corrected chi connectivity index (χ4v) is 0.820. The van der Waals surface area contributed by atoms with Crippen LogP contribution in [0.3, 0.4) is 0 Å². The average Bonchev–Trinajstić information content (AvgIpc) is 2.34. The maximum atomic E-state index is 9.09. The lowest BCUT2D eigenvalue weighted by atomic mass is 10.4. The smallest absolute Gasteiger partial charge is 0.163 e. The highest BCUT2D eigenvalue weighted by Gasteiger charge is 1.98. The van der Waals surface area contributed by atoms with Gasteiger partial charge >= 0.3 is 0 Å². The van der Waals surface area contributed by atoms with Crippen molar-refractivity contribution in [1.29, 1.82) is 0 Å². The van der Waals surface area contributed by atoms with Gasteiger partial charge in [0.25, 0.3) is 0 Å². The predicted molar refractivity (Wildman–Crippen MR) is 34.7 cm³/mol. The molecule has 0 saturated carbocycles. The van der Waals surface area contributed by atoms with Crippen molar-refractivity contribution in [3.05, 3.63) is 24.5 Å². The van der Waals surface area contributed by atoms with Gasteiger partial charge < -0.3 is 5.11 Å². The third kappa shape index (κ3) is 0.556. The molecule has 0 unspecified atom stereocenters. The van der Waals surface area contributed by atoms with Gasteiger partial charge in [0.1, 0.15) is 5.52 Å². The summed E-state index contributed by atoms with van der Waals surface area (Å²) in [6.45, 7) is 0. The van der Waals surface area contributed by atoms with Crippen LogP contribution in [0.4, 0.5) is 0 Å². The van der Waals surface area contributed by atoms with E-state index < -0.39 is 0 Å². The fourth-order valence-electron chi connectivity index (χ4n) is 0.820. The molecule has 50 valence electrons. The Hall–Kier alpha value is -1.58. The van der Waals surface area contributed by atoms with Crippen molar-refractivity contribution < 1.29 is 5.11 Å². The topological polar surface area (TPSA) is 50.4 Å². The molecule has 0 aliphatic heterocycles. The molecule has 0 amide bonds. The Labute approximate surface area is 56.7 Å². The highest BCUT2D eigenvalue weighted by Crippen LogP contribution is 2.13. The molecule has 0 fully saturated rings. The number of nitrogens with zero attached hydrogens (tertiary/aromatic N) is 3. The Bertz CT molecular complexity index is 355. The molecule has 0 atom stereocenters. The molecule has 4 nitrogen and oxygen atoms in total. The molecule has 4 heteroatoms. The van der Waals surface area contributed by atoms with Crippen molar-refractivity contribution in [2.75, 3.05) is 0 Å². The van der Waals surface area contributed by atoms with Crippen molar-refractivity contribution in [3.63, 3.8) is 0 Å². The summed E-state index contributed by atoms with van der Waals surface area (Å²) < 4.78 is 1.37. The fraction of sp³-hybridized carbons (Fsp3) is 0. The molecule has 0 radical (unpaired) electrons. The Morgan fingerprint density at radius 2 is 2.30 bits per heavy atom. The number of aromatic hydroxyl groups is 1. The van der Waals surface area contributed by atoms with Gasteiger partial charge in [-0.05, 0) is 12.1 Å². The Kier molecular flexibility index (Phi) is 0.887. The lowest BCUT2D eigenvalue weighted by molar-refractivity contribution is 0.481. The van der Waals surface area contributed by atoms with Crippen molar-refractivity contribution in [2.24, 2.45) is 0 Å². The summed E-state index contributed by atoms with van der Waals surface area (Å²) in [5.41, 5.74) is 0.627. The van der Waals surface area contributed by atoms with E-state index >= 15 is 0 Å². The first-order valence-electron chi connectivity index (χ1n) is 2.86. The predicted octanol–water partition coefficient (Wildman–Crippen LogP) is 0.435. The summed E-state index contributed by atoms with van der Waals surface area (Å²) in [5.74, 6) is 0.160. The van der Waals surface area contributed by atoms with Crippen LogP contribution in [-0.2, 0) is 0 Å². The van der Waals surface area contributed by atoms with E-state index in [2.05, 4.69) is 10.2 Å². The first-order valence-corrected chi connectivity index (χ1v) is 2.86. The zero-order chi connectivity index (χ0) is 6.97. The first kappa shape index (κ1) is 5.22. The molecule has 2 aromatic heterocycles. The van der Waals surface area contributed by atoms with Crippen molar-refractivity contribution in [1.82, 2.24) is 14.8 Å². The van der Waals surface area contributed by atoms with Gasteiger partial charge in [0, 0.05) is 6.20 Å². The molecular formula is C6H5N3O. The van der Waals surface area contributed by atoms with Gasteiger partial charge in [-0.25, -0.2) is 0 Å². The minimum Gasteiger partial charge on any atom is -0.504 e. The van der Waals surface area contributed by atoms with Gasteiger partial charge in [-0.3, -0.25) is 0 Å². The second-order valence-corrected chi connectivity index (χ2v) is 1.93. The van der Waals surface area contributed by atoms with Crippen LogP contribution in [0.15, 0.2) is 24.5 Å². The zero-order valence-electron chi connectivity index (χ0n) is 5.10. The van der Waals surface area contributed by atoms with Gasteiger partial charge in [0.15, 0.2) is 5.75 Å². The van der Waals surface area contributed by atoms with Gasteiger partial charge in [-0.1, -0.05) is 0 Å². The van der Waals surface area contributed by atoms with Crippen LogP contribution >= 0.6 is 0 Å². The van der Waals surface area contributed by atoms with Crippen molar-refractivity contribution >= 4 is 5.52 Å². The van der Waals surface area contributed by atoms with E-state index in [0.29, 0.717) is 5.52 Å². The van der Waals surface area contributed by atoms with Crippen LogP contribution in [0.25, 0.3) is 5.52 Å². The molecule has 0 bridgehead atoms. The molecule has 0 aliphatic carbocycles. The number of aromatic nitrogens is 3. The third-order valence-electron chi connectivity index (χ3n) is 1.28. The second-order valence-electron chi connectivity index (χ2n) is 1.93. The molecule has 0 aromatic carbocycles. The monoisotopic (exact) mass is 135 g/mol. The molecule has 0 aliphatic rings. The minimum absolute atomic E-state index is 0.160. The molecule has 1 N–H and O–H groups in total. The van der Waals surface area contributed by atoms with Gasteiger partial charge in [0.05, 0.1) is 6.20 Å². The van der Waals surface area contributed by atoms with Gasteiger partial charge in [-0.15, -0.1) is 4.63 Å². The normalized spacial score (nSPS) is 10.4. The van der Waals surface area contributed by atoms with Crippen LogP contribution in [0.5, 0.6) is 5.75 Å². The van der Waals surface area contributed by atoms with E-state index in [-0.39, 0.29) is 5.75 Å². The summed E-state index contributed by atoms with van der Waals surface area (Å²) in [7, 11) is 0. The summed E-state index contributed by atoms with van der Waals surface area (Å²) in [5, 5.41) is 16.7. The summed E-state index contributed by atoms with van der Waals surface area (Å²) in [6.07, 6.45) is 2.97. The lowest BCUT2D eigenvalue weighted by Crippen LogP contribution is -1.89. The van der Waals surface area contributed by atoms with E-state index in [4.69, 9.17) is 5.11 Å². The van der Waals surface area contributed by atoms with Crippen LogP contribution in [0.2, 0.25) is 0 Å². The third-order valence-corrected chi connectivity index (χ3v) is 1.28. The number of hydrogen-bond acceptors (Lipinski definition) is 3. The maximum Gasteiger partial charge on any atom is 0.163 e. The molecule has 2 aromatic rings. The summed E-state index contributed by atoms with van der Waals surface area (Å²) in [4.78, 5) is 0. The van der Waals surface area contributed by atoms with E-state index in [9.17, 15) is 0 Å². The molecule has 0 spiro atoms. The molecule has 2 rings (SSSR count). The molecule has 2 heterocycles. The Morgan fingerprint density at radius 1 is 1.40 bits per heavy atom. The number of hydrogen-bond donors (Lipinski definition) is 1. The molecule has 0 saturated heterocycles. The number of rotatable bonds is 0. The minimum atomic E-state index is 0.160. The molecular weight excluding hydrogens is 130 g/mol.